The molecule has 0 bridgehead atoms. The zero-order chi connectivity index (χ0) is 18.5. The van der Waals surface area contributed by atoms with Crippen LogP contribution in [0.5, 0.6) is 0 Å². The van der Waals surface area contributed by atoms with Gasteiger partial charge in [0.05, 0.1) is 12.7 Å². The summed E-state index contributed by atoms with van der Waals surface area (Å²) in [6.07, 6.45) is 0.992. The predicted octanol–water partition coefficient (Wildman–Crippen LogP) is 3.39. The van der Waals surface area contributed by atoms with Gasteiger partial charge in [-0.2, -0.15) is 0 Å². The van der Waals surface area contributed by atoms with Gasteiger partial charge in [0.1, 0.15) is 6.61 Å². The minimum Gasteiger partial charge on any atom is -0.461 e. The number of carbonyl (C=O) groups is 1. The average Bonchev–Trinajstić information content (AvgIpc) is 2.68. The SMILES string of the molecule is O=C(CCCOCC(O)CCNc1ccccc1)OCc1ccccc1. The van der Waals surface area contributed by atoms with Crippen LogP contribution in [0.25, 0.3) is 0 Å². The fourth-order valence-electron chi connectivity index (χ4n) is 2.37. The number of nitrogens with one attached hydrogen (secondary N) is 1. The zero-order valence-corrected chi connectivity index (χ0v) is 15.0. The Hall–Kier alpha value is -2.37. The molecule has 1 unspecified atom stereocenters. The number of aliphatic hydroxyl groups is 1. The predicted molar refractivity (Wildman–Crippen MR) is 102 cm³/mol. The first-order valence-electron chi connectivity index (χ1n) is 8.98. The van der Waals surface area contributed by atoms with Gasteiger partial charge in [-0.05, 0) is 30.5 Å². The molecular weight excluding hydrogens is 330 g/mol. The Kier molecular flexibility index (Phi) is 9.25. The Balaban J connectivity index is 1.44. The van der Waals surface area contributed by atoms with Crippen molar-refractivity contribution in [2.24, 2.45) is 0 Å². The van der Waals surface area contributed by atoms with Gasteiger partial charge in [-0.3, -0.25) is 4.79 Å². The maximum Gasteiger partial charge on any atom is 0.306 e. The first-order valence-corrected chi connectivity index (χ1v) is 8.98. The number of ether oxygens (including phenoxy) is 2. The maximum atomic E-state index is 11.7. The van der Waals surface area contributed by atoms with Crippen LogP contribution in [-0.4, -0.2) is 36.9 Å². The smallest absolute Gasteiger partial charge is 0.306 e. The number of hydrogen-bond donors (Lipinski definition) is 2. The highest BCUT2D eigenvalue weighted by Crippen LogP contribution is 2.06. The second-order valence-electron chi connectivity index (χ2n) is 6.06. The minimum absolute atomic E-state index is 0.231. The summed E-state index contributed by atoms with van der Waals surface area (Å²) in [5.74, 6) is -0.231. The van der Waals surface area contributed by atoms with Crippen LogP contribution in [0.3, 0.4) is 0 Å². The molecule has 5 heteroatoms. The van der Waals surface area contributed by atoms with Crippen LogP contribution < -0.4 is 5.32 Å². The Bertz CT molecular complexity index is 618. The van der Waals surface area contributed by atoms with E-state index in [1.165, 1.54) is 0 Å². The Morgan fingerprint density at radius 1 is 1.04 bits per heavy atom. The summed E-state index contributed by atoms with van der Waals surface area (Å²) in [7, 11) is 0. The van der Waals surface area contributed by atoms with Crippen LogP contribution in [0.1, 0.15) is 24.8 Å². The van der Waals surface area contributed by atoms with Crippen molar-refractivity contribution in [1.29, 1.82) is 0 Å². The highest BCUT2D eigenvalue weighted by atomic mass is 16.5. The van der Waals surface area contributed by atoms with Gasteiger partial charge in [0.25, 0.3) is 0 Å². The molecule has 26 heavy (non-hydrogen) atoms. The number of esters is 1. The van der Waals surface area contributed by atoms with E-state index in [0.717, 1.165) is 11.3 Å². The standard InChI is InChI=1S/C21H27NO4/c23-20(13-14-22-19-10-5-2-6-11-19)17-25-15-7-12-21(24)26-16-18-8-3-1-4-9-18/h1-6,8-11,20,22-23H,7,12-17H2. The second kappa shape index (κ2) is 12.1. The van der Waals surface area contributed by atoms with E-state index < -0.39 is 6.10 Å². The van der Waals surface area contributed by atoms with Crippen molar-refractivity contribution in [3.8, 4) is 0 Å². The molecule has 0 amide bonds. The fourth-order valence-corrected chi connectivity index (χ4v) is 2.37. The van der Waals surface area contributed by atoms with E-state index in [1.54, 1.807) is 0 Å². The van der Waals surface area contributed by atoms with Crippen LogP contribution in [0.15, 0.2) is 60.7 Å². The fraction of sp³-hybridized carbons (Fsp3) is 0.381. The second-order valence-corrected chi connectivity index (χ2v) is 6.06. The van der Waals surface area contributed by atoms with E-state index in [-0.39, 0.29) is 12.6 Å². The number of aliphatic hydroxyl groups excluding tert-OH is 1. The quantitative estimate of drug-likeness (QED) is 0.450. The first kappa shape index (κ1) is 19.9. The molecule has 0 aromatic heterocycles. The summed E-state index contributed by atoms with van der Waals surface area (Å²) in [5.41, 5.74) is 2.01. The topological polar surface area (TPSA) is 67.8 Å². The molecule has 0 radical (unpaired) electrons. The summed E-state index contributed by atoms with van der Waals surface area (Å²) < 4.78 is 10.6. The highest BCUT2D eigenvalue weighted by Gasteiger charge is 2.06. The molecule has 0 saturated carbocycles. The van der Waals surface area contributed by atoms with Gasteiger partial charge in [-0.1, -0.05) is 48.5 Å². The van der Waals surface area contributed by atoms with E-state index in [0.29, 0.717) is 39.0 Å². The van der Waals surface area contributed by atoms with Crippen LogP contribution >= 0.6 is 0 Å². The van der Waals surface area contributed by atoms with E-state index in [4.69, 9.17) is 9.47 Å². The summed E-state index contributed by atoms with van der Waals surface area (Å²) in [6.45, 7) is 1.69. The molecule has 2 aromatic carbocycles. The van der Waals surface area contributed by atoms with Gasteiger partial charge in [-0.25, -0.2) is 0 Å². The lowest BCUT2D eigenvalue weighted by Crippen LogP contribution is -2.20. The Labute approximate surface area is 155 Å². The molecular formula is C21H27NO4. The molecule has 0 aliphatic heterocycles. The average molecular weight is 357 g/mol. The van der Waals surface area contributed by atoms with Crippen LogP contribution in [-0.2, 0) is 20.9 Å². The number of benzene rings is 2. The van der Waals surface area contributed by atoms with Crippen molar-refractivity contribution in [1.82, 2.24) is 0 Å². The molecule has 0 fully saturated rings. The number of para-hydroxylation sites is 1. The monoisotopic (exact) mass is 357 g/mol. The molecule has 0 aliphatic rings. The lowest BCUT2D eigenvalue weighted by Gasteiger charge is -2.12. The van der Waals surface area contributed by atoms with Crippen molar-refractivity contribution in [2.45, 2.75) is 32.0 Å². The molecule has 2 aromatic rings. The minimum atomic E-state index is -0.517. The number of rotatable bonds is 12. The van der Waals surface area contributed by atoms with E-state index in [2.05, 4.69) is 5.32 Å². The summed E-state index contributed by atoms with van der Waals surface area (Å²) >= 11 is 0. The molecule has 2 rings (SSSR count). The van der Waals surface area contributed by atoms with Gasteiger partial charge in [-0.15, -0.1) is 0 Å². The summed E-state index contributed by atoms with van der Waals surface area (Å²) in [6, 6.07) is 19.5. The summed E-state index contributed by atoms with van der Waals surface area (Å²) in [4.78, 5) is 11.7. The van der Waals surface area contributed by atoms with Crippen LogP contribution in [0, 0.1) is 0 Å². The molecule has 1 atom stereocenters. The molecule has 0 heterocycles. The summed E-state index contributed by atoms with van der Waals surface area (Å²) in [5, 5.41) is 13.1. The lowest BCUT2D eigenvalue weighted by atomic mass is 10.2. The normalized spacial score (nSPS) is 11.7. The number of carbonyl (C=O) groups excluding carboxylic acids is 1. The van der Waals surface area contributed by atoms with Gasteiger partial charge in [0, 0.05) is 25.3 Å². The van der Waals surface area contributed by atoms with Crippen molar-refractivity contribution < 1.29 is 19.4 Å². The zero-order valence-electron chi connectivity index (χ0n) is 15.0. The largest absolute Gasteiger partial charge is 0.461 e. The Morgan fingerprint density at radius 3 is 2.46 bits per heavy atom. The van der Waals surface area contributed by atoms with Crippen molar-refractivity contribution >= 4 is 11.7 Å². The van der Waals surface area contributed by atoms with Crippen molar-refractivity contribution in [2.75, 3.05) is 25.1 Å². The van der Waals surface area contributed by atoms with Crippen LogP contribution in [0.2, 0.25) is 0 Å². The van der Waals surface area contributed by atoms with Gasteiger partial charge in [0.15, 0.2) is 0 Å². The third-order valence-corrected chi connectivity index (χ3v) is 3.80. The molecule has 2 N–H and O–H groups in total. The van der Waals surface area contributed by atoms with E-state index >= 15 is 0 Å². The Morgan fingerprint density at radius 2 is 1.73 bits per heavy atom. The third-order valence-electron chi connectivity index (χ3n) is 3.80. The van der Waals surface area contributed by atoms with Crippen molar-refractivity contribution in [3.63, 3.8) is 0 Å². The van der Waals surface area contributed by atoms with Gasteiger partial charge < -0.3 is 19.9 Å². The highest BCUT2D eigenvalue weighted by molar-refractivity contribution is 5.69. The van der Waals surface area contributed by atoms with E-state index in [9.17, 15) is 9.90 Å². The lowest BCUT2D eigenvalue weighted by molar-refractivity contribution is -0.145. The number of anilines is 1. The molecule has 0 aliphatic carbocycles. The third kappa shape index (κ3) is 8.65. The van der Waals surface area contributed by atoms with Gasteiger partial charge in [0.2, 0.25) is 0 Å². The molecule has 0 spiro atoms. The van der Waals surface area contributed by atoms with Crippen LogP contribution in [0.4, 0.5) is 5.69 Å². The maximum absolute atomic E-state index is 11.7. The first-order chi connectivity index (χ1) is 12.7. The van der Waals surface area contributed by atoms with Crippen molar-refractivity contribution in [3.05, 3.63) is 66.2 Å². The van der Waals surface area contributed by atoms with E-state index in [1.807, 2.05) is 60.7 Å². The van der Waals surface area contributed by atoms with Gasteiger partial charge >= 0.3 is 5.97 Å². The molecule has 0 saturated heterocycles. The number of hydrogen-bond acceptors (Lipinski definition) is 5. The molecule has 5 nitrogen and oxygen atoms in total. The molecule has 140 valence electrons.